The van der Waals surface area contributed by atoms with Gasteiger partial charge < -0.3 is 5.32 Å². The van der Waals surface area contributed by atoms with Gasteiger partial charge in [0.2, 0.25) is 0 Å². The van der Waals surface area contributed by atoms with Crippen molar-refractivity contribution in [2.24, 2.45) is 5.92 Å². The highest BCUT2D eigenvalue weighted by Gasteiger charge is 2.20. The maximum Gasteiger partial charge on any atom is 0.181 e. The highest BCUT2D eigenvalue weighted by molar-refractivity contribution is 6.30. The highest BCUT2D eigenvalue weighted by Crippen LogP contribution is 2.30. The molecule has 4 heteroatoms. The van der Waals surface area contributed by atoms with E-state index in [1.165, 1.54) is 0 Å². The Bertz CT molecular complexity index is 931. The van der Waals surface area contributed by atoms with Gasteiger partial charge in [0.05, 0.1) is 5.52 Å². The number of benzene rings is 2. The molecule has 1 fully saturated rings. The molecule has 0 saturated carbocycles. The zero-order chi connectivity index (χ0) is 17.9. The van der Waals surface area contributed by atoms with E-state index in [0.29, 0.717) is 23.1 Å². The molecule has 132 valence electrons. The van der Waals surface area contributed by atoms with Gasteiger partial charge in [-0.25, -0.2) is 4.98 Å². The molecule has 1 aromatic heterocycles. The van der Waals surface area contributed by atoms with Crippen LogP contribution in [0.2, 0.25) is 5.02 Å². The molecule has 0 amide bonds. The monoisotopic (exact) mass is 364 g/mol. The summed E-state index contributed by atoms with van der Waals surface area (Å²) >= 11 is 6.04. The third kappa shape index (κ3) is 3.64. The number of carbonyl (C=O) groups excluding carboxylic acids is 1. The van der Waals surface area contributed by atoms with Gasteiger partial charge in [0.15, 0.2) is 5.78 Å². The first-order valence-electron chi connectivity index (χ1n) is 9.10. The summed E-state index contributed by atoms with van der Waals surface area (Å²) in [4.78, 5) is 17.5. The van der Waals surface area contributed by atoms with Gasteiger partial charge in [-0.05, 0) is 67.2 Å². The lowest BCUT2D eigenvalue weighted by atomic mass is 9.92. The van der Waals surface area contributed by atoms with Crippen LogP contribution in [0, 0.1) is 5.92 Å². The Morgan fingerprint density at radius 3 is 2.73 bits per heavy atom. The average Bonchev–Trinajstić information content (AvgIpc) is 2.68. The molecule has 1 aliphatic rings. The number of pyridine rings is 1. The van der Waals surface area contributed by atoms with Crippen molar-refractivity contribution in [3.63, 3.8) is 0 Å². The van der Waals surface area contributed by atoms with Gasteiger partial charge in [-0.3, -0.25) is 4.79 Å². The van der Waals surface area contributed by atoms with E-state index in [0.717, 1.165) is 48.0 Å². The van der Waals surface area contributed by atoms with Gasteiger partial charge in [-0.2, -0.15) is 0 Å². The van der Waals surface area contributed by atoms with Crippen LogP contribution in [0.4, 0.5) is 0 Å². The maximum atomic E-state index is 12.9. The normalized spacial score (nSPS) is 17.3. The van der Waals surface area contributed by atoms with Crippen molar-refractivity contribution in [2.75, 3.05) is 13.1 Å². The van der Waals surface area contributed by atoms with Crippen molar-refractivity contribution in [1.82, 2.24) is 10.3 Å². The van der Waals surface area contributed by atoms with Crippen LogP contribution in [0.15, 0.2) is 54.6 Å². The third-order valence-corrected chi connectivity index (χ3v) is 5.28. The predicted molar refractivity (Wildman–Crippen MR) is 107 cm³/mol. The van der Waals surface area contributed by atoms with Crippen LogP contribution in [0.25, 0.3) is 22.0 Å². The summed E-state index contributed by atoms with van der Waals surface area (Å²) in [6, 6.07) is 17.6. The molecule has 0 bridgehead atoms. The number of para-hydroxylation sites is 1. The number of nitrogens with zero attached hydrogens (tertiary/aromatic N) is 1. The topological polar surface area (TPSA) is 42.0 Å². The minimum Gasteiger partial charge on any atom is -0.316 e. The number of aromatic nitrogens is 1. The molecule has 0 spiro atoms. The second kappa shape index (κ2) is 7.56. The minimum absolute atomic E-state index is 0.125. The van der Waals surface area contributed by atoms with Gasteiger partial charge in [-0.15, -0.1) is 0 Å². The fraction of sp³-hybridized carbons (Fsp3) is 0.273. The zero-order valence-corrected chi connectivity index (χ0v) is 15.3. The van der Waals surface area contributed by atoms with Crippen molar-refractivity contribution < 1.29 is 4.79 Å². The quantitative estimate of drug-likeness (QED) is 0.653. The summed E-state index contributed by atoms with van der Waals surface area (Å²) in [6.07, 6.45) is 2.80. The SMILES string of the molecule is O=C(CC1CCCNC1)c1cc(-c2ccc(Cl)cc2)c2ccccc2n1. The first-order chi connectivity index (χ1) is 12.7. The van der Waals surface area contributed by atoms with E-state index < -0.39 is 0 Å². The number of nitrogens with one attached hydrogen (secondary N) is 1. The molecule has 2 heterocycles. The molecule has 3 aromatic rings. The van der Waals surface area contributed by atoms with Crippen LogP contribution in [0.3, 0.4) is 0 Å². The molecule has 1 unspecified atom stereocenters. The van der Waals surface area contributed by atoms with Gasteiger partial charge in [-0.1, -0.05) is 41.9 Å². The van der Waals surface area contributed by atoms with E-state index in [9.17, 15) is 4.79 Å². The van der Waals surface area contributed by atoms with E-state index in [2.05, 4.69) is 10.3 Å². The van der Waals surface area contributed by atoms with Crippen molar-refractivity contribution in [3.05, 3.63) is 65.3 Å². The number of hydrogen-bond donors (Lipinski definition) is 1. The third-order valence-electron chi connectivity index (χ3n) is 5.03. The predicted octanol–water partition coefficient (Wildman–Crippen LogP) is 5.13. The zero-order valence-electron chi connectivity index (χ0n) is 14.5. The summed E-state index contributed by atoms with van der Waals surface area (Å²) in [6.45, 7) is 1.98. The number of carbonyl (C=O) groups is 1. The molecule has 2 aromatic carbocycles. The van der Waals surface area contributed by atoms with Gasteiger partial charge in [0.1, 0.15) is 5.69 Å². The fourth-order valence-corrected chi connectivity index (χ4v) is 3.78. The van der Waals surface area contributed by atoms with Crippen molar-refractivity contribution >= 4 is 28.3 Å². The lowest BCUT2D eigenvalue weighted by molar-refractivity contribution is 0.0949. The fourth-order valence-electron chi connectivity index (χ4n) is 3.65. The van der Waals surface area contributed by atoms with E-state index in [-0.39, 0.29) is 5.78 Å². The number of halogens is 1. The second-order valence-electron chi connectivity index (χ2n) is 6.92. The number of piperidine rings is 1. The molecule has 1 atom stereocenters. The summed E-state index contributed by atoms with van der Waals surface area (Å²) in [5.41, 5.74) is 3.48. The van der Waals surface area contributed by atoms with E-state index in [1.807, 2.05) is 54.6 Å². The largest absolute Gasteiger partial charge is 0.316 e. The Morgan fingerprint density at radius 1 is 1.15 bits per heavy atom. The Labute approximate surface area is 158 Å². The molecule has 4 rings (SSSR count). The molecule has 1 N–H and O–H groups in total. The van der Waals surface area contributed by atoms with Gasteiger partial charge in [0, 0.05) is 16.8 Å². The Morgan fingerprint density at radius 2 is 1.96 bits per heavy atom. The van der Waals surface area contributed by atoms with Crippen molar-refractivity contribution in [2.45, 2.75) is 19.3 Å². The van der Waals surface area contributed by atoms with E-state index in [1.54, 1.807) is 0 Å². The number of fused-ring (bicyclic) bond motifs is 1. The Hall–Kier alpha value is -2.23. The molecule has 1 aliphatic heterocycles. The first-order valence-corrected chi connectivity index (χ1v) is 9.48. The second-order valence-corrected chi connectivity index (χ2v) is 7.36. The molecular formula is C22H21ClN2O. The summed E-state index contributed by atoms with van der Waals surface area (Å²) in [5, 5.41) is 5.13. The minimum atomic E-state index is 0.125. The number of ketones is 1. The molecule has 0 aliphatic carbocycles. The van der Waals surface area contributed by atoms with Crippen LogP contribution in [-0.2, 0) is 0 Å². The molecule has 26 heavy (non-hydrogen) atoms. The van der Waals surface area contributed by atoms with E-state index >= 15 is 0 Å². The number of Topliss-reactive ketones (excluding diaryl/α,β-unsaturated/α-hetero) is 1. The van der Waals surface area contributed by atoms with Crippen molar-refractivity contribution in [3.8, 4) is 11.1 Å². The molecule has 1 saturated heterocycles. The summed E-state index contributed by atoms with van der Waals surface area (Å²) in [5.74, 6) is 0.531. The van der Waals surface area contributed by atoms with Gasteiger partial charge in [0.25, 0.3) is 0 Å². The summed E-state index contributed by atoms with van der Waals surface area (Å²) in [7, 11) is 0. The van der Waals surface area contributed by atoms with Crippen LogP contribution >= 0.6 is 11.6 Å². The van der Waals surface area contributed by atoms with Gasteiger partial charge >= 0.3 is 0 Å². The standard InChI is InChI=1S/C22H21ClN2O/c23-17-9-7-16(8-10-17)19-13-21(25-20-6-2-1-5-18(19)20)22(26)12-15-4-3-11-24-14-15/h1-2,5-10,13,15,24H,3-4,11-12,14H2. The molecular weight excluding hydrogens is 344 g/mol. The smallest absolute Gasteiger partial charge is 0.181 e. The summed E-state index contributed by atoms with van der Waals surface area (Å²) < 4.78 is 0. The van der Waals surface area contributed by atoms with Crippen LogP contribution in [0.1, 0.15) is 29.8 Å². The Balaban J connectivity index is 1.73. The van der Waals surface area contributed by atoms with Crippen LogP contribution in [0.5, 0.6) is 0 Å². The maximum absolute atomic E-state index is 12.9. The lowest BCUT2D eigenvalue weighted by Gasteiger charge is -2.22. The molecule has 0 radical (unpaired) electrons. The van der Waals surface area contributed by atoms with Crippen LogP contribution in [-0.4, -0.2) is 23.9 Å². The van der Waals surface area contributed by atoms with E-state index in [4.69, 9.17) is 11.6 Å². The molecule has 3 nitrogen and oxygen atoms in total. The average molecular weight is 365 g/mol. The number of rotatable bonds is 4. The van der Waals surface area contributed by atoms with Crippen molar-refractivity contribution in [1.29, 1.82) is 0 Å². The van der Waals surface area contributed by atoms with Crippen LogP contribution < -0.4 is 5.32 Å². The number of hydrogen-bond acceptors (Lipinski definition) is 3. The lowest BCUT2D eigenvalue weighted by Crippen LogP contribution is -2.31. The Kier molecular flexibility index (Phi) is 5.00. The first kappa shape index (κ1) is 17.2. The highest BCUT2D eigenvalue weighted by atomic mass is 35.5.